The molecule has 2 aromatic rings. The van der Waals surface area contributed by atoms with E-state index in [2.05, 4.69) is 0 Å². The van der Waals surface area contributed by atoms with Gasteiger partial charge in [0.05, 0.1) is 34.9 Å². The molecule has 0 radical (unpaired) electrons. The molecule has 1 N–H and O–H groups in total. The van der Waals surface area contributed by atoms with Crippen molar-refractivity contribution in [2.75, 3.05) is 6.54 Å². The first kappa shape index (κ1) is 28.2. The minimum Gasteiger partial charge on any atom is -0.480 e. The van der Waals surface area contributed by atoms with E-state index in [1.807, 2.05) is 58.0 Å². The predicted octanol–water partition coefficient (Wildman–Crippen LogP) is 4.98. The first-order chi connectivity index (χ1) is 18.0. The van der Waals surface area contributed by atoms with Gasteiger partial charge in [-0.25, -0.2) is 9.18 Å². The van der Waals surface area contributed by atoms with Crippen LogP contribution in [0.1, 0.15) is 66.0 Å². The second-order valence-electron chi connectivity index (χ2n) is 12.7. The Kier molecular flexibility index (Phi) is 6.78. The van der Waals surface area contributed by atoms with Gasteiger partial charge in [-0.1, -0.05) is 41.9 Å². The molecule has 10 heteroatoms. The summed E-state index contributed by atoms with van der Waals surface area (Å²) < 4.78 is 40.3. The quantitative estimate of drug-likeness (QED) is 0.535. The van der Waals surface area contributed by atoms with Crippen molar-refractivity contribution in [1.29, 1.82) is 0 Å². The van der Waals surface area contributed by atoms with Crippen molar-refractivity contribution in [3.63, 3.8) is 0 Å². The number of rotatable bonds is 3. The molecule has 0 aromatic heterocycles. The number of hydrogen-bond donors (Lipinski definition) is 1. The number of fused-ring (bicyclic) bond motifs is 1. The summed E-state index contributed by atoms with van der Waals surface area (Å²) in [5.41, 5.74) is -1.40. The van der Waals surface area contributed by atoms with Crippen molar-refractivity contribution in [2.24, 2.45) is 0 Å². The number of aliphatic hydroxyl groups excluding tert-OH is 1. The topological polar surface area (TPSA) is 77.5 Å². The molecule has 3 heterocycles. The van der Waals surface area contributed by atoms with Gasteiger partial charge >= 0.3 is 13.2 Å². The third-order valence-electron chi connectivity index (χ3n) is 8.25. The van der Waals surface area contributed by atoms with Gasteiger partial charge in [0, 0.05) is 23.5 Å². The molecule has 3 atom stereocenters. The van der Waals surface area contributed by atoms with E-state index in [9.17, 15) is 9.90 Å². The van der Waals surface area contributed by atoms with E-state index in [-0.39, 0.29) is 24.4 Å². The van der Waals surface area contributed by atoms with E-state index in [0.29, 0.717) is 16.8 Å². The molecule has 7 nitrogen and oxygen atoms in total. The van der Waals surface area contributed by atoms with Gasteiger partial charge < -0.3 is 23.9 Å². The van der Waals surface area contributed by atoms with Crippen LogP contribution in [0.25, 0.3) is 0 Å². The summed E-state index contributed by atoms with van der Waals surface area (Å²) in [5, 5.41) is 10.7. The first-order valence-corrected chi connectivity index (χ1v) is 13.7. The fraction of sp³-hybridized carbons (Fsp3) is 0.552. The summed E-state index contributed by atoms with van der Waals surface area (Å²) in [7, 11) is -0.918. The van der Waals surface area contributed by atoms with E-state index in [0.717, 1.165) is 5.56 Å². The molecule has 5 rings (SSSR count). The maximum absolute atomic E-state index is 15.3. The van der Waals surface area contributed by atoms with Crippen LogP contribution in [0.2, 0.25) is 5.02 Å². The van der Waals surface area contributed by atoms with E-state index in [4.69, 9.17) is 30.4 Å². The van der Waals surface area contributed by atoms with Gasteiger partial charge in [0.2, 0.25) is 0 Å². The number of benzene rings is 2. The highest BCUT2D eigenvalue weighted by molar-refractivity contribution is 6.66. The third kappa shape index (κ3) is 4.81. The number of likely N-dealkylation sites (tertiary alicyclic amines) is 1. The molecule has 2 aromatic carbocycles. The number of aliphatic hydroxyl groups is 1. The number of β-amino-alcohol motifs (C(OH)–C–C–N with tert-alkyl or cyclic N) is 1. The summed E-state index contributed by atoms with van der Waals surface area (Å²) >= 11 is 6.60. The number of amides is 1. The average Bonchev–Trinajstić information content (AvgIpc) is 3.46. The molecule has 39 heavy (non-hydrogen) atoms. The third-order valence-corrected chi connectivity index (χ3v) is 8.64. The Balaban J connectivity index is 1.63. The van der Waals surface area contributed by atoms with Crippen LogP contribution in [0.15, 0.2) is 36.4 Å². The van der Waals surface area contributed by atoms with Gasteiger partial charge in [-0.2, -0.15) is 0 Å². The lowest BCUT2D eigenvalue weighted by Gasteiger charge is -2.40. The Labute approximate surface area is 234 Å². The Bertz CT molecular complexity index is 1270. The number of nitrogens with zero attached hydrogens (tertiary/aromatic N) is 1. The Morgan fingerprint density at radius 3 is 2.36 bits per heavy atom. The summed E-state index contributed by atoms with van der Waals surface area (Å²) in [4.78, 5) is 14.9. The van der Waals surface area contributed by atoms with E-state index in [1.54, 1.807) is 20.8 Å². The van der Waals surface area contributed by atoms with Gasteiger partial charge in [0.25, 0.3) is 0 Å². The van der Waals surface area contributed by atoms with Gasteiger partial charge in [-0.15, -0.1) is 0 Å². The Morgan fingerprint density at radius 1 is 1.15 bits per heavy atom. The number of carbonyl (C=O) groups excluding carboxylic acids is 1. The molecule has 3 aliphatic heterocycles. The molecule has 2 saturated heterocycles. The molecule has 0 aliphatic carbocycles. The molecule has 210 valence electrons. The van der Waals surface area contributed by atoms with Gasteiger partial charge in [-0.05, 0) is 60.5 Å². The highest BCUT2D eigenvalue weighted by Gasteiger charge is 2.58. The van der Waals surface area contributed by atoms with Crippen molar-refractivity contribution in [1.82, 2.24) is 4.90 Å². The predicted molar refractivity (Wildman–Crippen MR) is 147 cm³/mol. The SMILES string of the molecule is CC(C)(C)OC(=O)N1CC(O)CC1[C@@]1(c2ccccc2)Cc2c(cc(F)c(Cl)c2B2OC(C)(C)C(C)(C)O2)O1. The zero-order valence-corrected chi connectivity index (χ0v) is 24.3. The molecular formula is C29H36BClFNO6. The maximum atomic E-state index is 15.3. The number of ether oxygens (including phenoxy) is 2. The van der Waals surface area contributed by atoms with Crippen molar-refractivity contribution in [2.45, 2.75) is 95.9 Å². The van der Waals surface area contributed by atoms with Crippen molar-refractivity contribution in [3.05, 3.63) is 58.4 Å². The fourth-order valence-corrected chi connectivity index (χ4v) is 5.93. The Morgan fingerprint density at radius 2 is 1.77 bits per heavy atom. The standard InChI is InChI=1S/C29H36BClFNO6/c1-26(2,3)37-25(35)33-16-18(34)13-22(33)29(17-11-9-8-10-12-17)15-19-21(36-29)14-20(32)24(31)23(19)30-38-27(4,5)28(6,7)39-30/h8-12,14,18,22,34H,13,15-16H2,1-7H3/t18?,22?,29-/m0/s1. The second kappa shape index (κ2) is 9.37. The lowest BCUT2D eigenvalue weighted by molar-refractivity contribution is -0.0216. The molecular weight excluding hydrogens is 524 g/mol. The van der Waals surface area contributed by atoms with Crippen molar-refractivity contribution in [3.8, 4) is 5.75 Å². The molecule has 0 bridgehead atoms. The zero-order valence-electron chi connectivity index (χ0n) is 23.5. The van der Waals surface area contributed by atoms with Crippen LogP contribution >= 0.6 is 11.6 Å². The summed E-state index contributed by atoms with van der Waals surface area (Å²) in [6.45, 7) is 13.2. The minimum atomic E-state index is -1.15. The molecule has 1 amide bonds. The molecule has 2 unspecified atom stereocenters. The van der Waals surface area contributed by atoms with Crippen LogP contribution in [0.3, 0.4) is 0 Å². The van der Waals surface area contributed by atoms with E-state index < -0.39 is 53.6 Å². The Hall–Kier alpha value is -2.33. The summed E-state index contributed by atoms with van der Waals surface area (Å²) in [5.74, 6) is -0.351. The largest absolute Gasteiger partial charge is 0.496 e. The molecule has 3 aliphatic rings. The monoisotopic (exact) mass is 559 g/mol. The highest BCUT2D eigenvalue weighted by Crippen LogP contribution is 2.49. The smallest absolute Gasteiger partial charge is 0.480 e. The van der Waals surface area contributed by atoms with Gasteiger partial charge in [0.1, 0.15) is 17.2 Å². The van der Waals surface area contributed by atoms with Crippen molar-refractivity contribution < 1.29 is 33.1 Å². The zero-order chi connectivity index (χ0) is 28.5. The summed E-state index contributed by atoms with van der Waals surface area (Å²) in [6, 6.07) is 10.2. The molecule has 0 saturated carbocycles. The lowest BCUT2D eigenvalue weighted by atomic mass is 9.72. The molecule has 2 fully saturated rings. The van der Waals surface area contributed by atoms with Crippen LogP contribution in [0, 0.1) is 5.82 Å². The van der Waals surface area contributed by atoms with Crippen molar-refractivity contribution >= 4 is 30.3 Å². The number of hydrogen-bond acceptors (Lipinski definition) is 6. The van der Waals surface area contributed by atoms with Crippen LogP contribution in [0.4, 0.5) is 9.18 Å². The minimum absolute atomic E-state index is 0.0878. The number of halogens is 2. The maximum Gasteiger partial charge on any atom is 0.496 e. The van der Waals surface area contributed by atoms with E-state index in [1.165, 1.54) is 11.0 Å². The normalized spacial score (nSPS) is 27.4. The summed E-state index contributed by atoms with van der Waals surface area (Å²) in [6.07, 6.45) is -0.820. The van der Waals surface area contributed by atoms with Crippen LogP contribution in [-0.4, -0.2) is 58.7 Å². The average molecular weight is 560 g/mol. The van der Waals surface area contributed by atoms with Gasteiger partial charge in [0.15, 0.2) is 5.60 Å². The van der Waals surface area contributed by atoms with Crippen LogP contribution in [0.5, 0.6) is 5.75 Å². The van der Waals surface area contributed by atoms with Crippen LogP contribution in [-0.2, 0) is 26.1 Å². The van der Waals surface area contributed by atoms with Gasteiger partial charge in [-0.3, -0.25) is 4.90 Å². The lowest BCUT2D eigenvalue weighted by Crippen LogP contribution is -2.53. The molecule has 0 spiro atoms. The highest BCUT2D eigenvalue weighted by atomic mass is 35.5. The first-order valence-electron chi connectivity index (χ1n) is 13.3. The second-order valence-corrected chi connectivity index (χ2v) is 13.1. The fourth-order valence-electron chi connectivity index (χ4n) is 5.67. The number of carbonyl (C=O) groups is 1. The van der Waals surface area contributed by atoms with Crippen LogP contribution < -0.4 is 10.2 Å². The van der Waals surface area contributed by atoms with E-state index >= 15 is 4.39 Å².